The van der Waals surface area contributed by atoms with Crippen molar-refractivity contribution < 1.29 is 4.74 Å². The van der Waals surface area contributed by atoms with E-state index in [4.69, 9.17) is 10.5 Å². The van der Waals surface area contributed by atoms with Crippen LogP contribution < -0.4 is 10.6 Å². The van der Waals surface area contributed by atoms with Gasteiger partial charge >= 0.3 is 0 Å². The first kappa shape index (κ1) is 12.8. The summed E-state index contributed by atoms with van der Waals surface area (Å²) in [6, 6.07) is 0.616. The molecule has 2 heterocycles. The normalized spacial score (nSPS) is 28.2. The standard InChI is InChI=1S/C14H22N4O/c1-10(15)7-11-8-16-14(17-9-11)18-5-6-19-13-4-2-3-12(13)18/h8-10,12-13H,2-7,15H2,1H3. The smallest absolute Gasteiger partial charge is 0.225 e. The van der Waals surface area contributed by atoms with Gasteiger partial charge in [-0.2, -0.15) is 0 Å². The number of nitrogens with two attached hydrogens (primary N) is 1. The maximum absolute atomic E-state index is 5.82. The van der Waals surface area contributed by atoms with E-state index in [0.717, 1.165) is 31.1 Å². The molecule has 3 rings (SSSR count). The quantitative estimate of drug-likeness (QED) is 0.884. The fourth-order valence-corrected chi connectivity index (χ4v) is 3.15. The van der Waals surface area contributed by atoms with Crippen molar-refractivity contribution in [2.45, 2.75) is 50.8 Å². The summed E-state index contributed by atoms with van der Waals surface area (Å²) in [4.78, 5) is 11.4. The average molecular weight is 262 g/mol. The Morgan fingerprint density at radius 3 is 2.95 bits per heavy atom. The molecular weight excluding hydrogens is 240 g/mol. The molecule has 3 atom stereocenters. The van der Waals surface area contributed by atoms with Gasteiger partial charge in [-0.25, -0.2) is 9.97 Å². The minimum atomic E-state index is 0.150. The van der Waals surface area contributed by atoms with Crippen molar-refractivity contribution in [2.24, 2.45) is 5.73 Å². The Morgan fingerprint density at radius 1 is 1.42 bits per heavy atom. The first-order valence-corrected chi connectivity index (χ1v) is 7.19. The minimum absolute atomic E-state index is 0.150. The van der Waals surface area contributed by atoms with Crippen molar-refractivity contribution in [1.82, 2.24) is 9.97 Å². The minimum Gasteiger partial charge on any atom is -0.374 e. The highest BCUT2D eigenvalue weighted by molar-refractivity contribution is 5.34. The van der Waals surface area contributed by atoms with Crippen LogP contribution in [0, 0.1) is 0 Å². The number of morpholine rings is 1. The average Bonchev–Trinajstić information content (AvgIpc) is 2.87. The number of anilines is 1. The van der Waals surface area contributed by atoms with Crippen LogP contribution in [0.15, 0.2) is 12.4 Å². The van der Waals surface area contributed by atoms with E-state index < -0.39 is 0 Å². The molecule has 2 fully saturated rings. The van der Waals surface area contributed by atoms with Crippen LogP contribution in [0.2, 0.25) is 0 Å². The summed E-state index contributed by atoms with van der Waals surface area (Å²) >= 11 is 0. The topological polar surface area (TPSA) is 64.3 Å². The van der Waals surface area contributed by atoms with E-state index in [0.29, 0.717) is 12.1 Å². The Labute approximate surface area is 114 Å². The lowest BCUT2D eigenvalue weighted by atomic mass is 10.1. The number of hydrogen-bond acceptors (Lipinski definition) is 5. The molecule has 1 aliphatic carbocycles. The molecule has 1 aromatic heterocycles. The zero-order valence-corrected chi connectivity index (χ0v) is 11.5. The van der Waals surface area contributed by atoms with Gasteiger partial charge in [0, 0.05) is 25.0 Å². The van der Waals surface area contributed by atoms with Gasteiger partial charge in [-0.1, -0.05) is 0 Å². The lowest BCUT2D eigenvalue weighted by Crippen LogP contribution is -2.49. The summed E-state index contributed by atoms with van der Waals surface area (Å²) in [7, 11) is 0. The number of aromatic nitrogens is 2. The second-order valence-corrected chi connectivity index (χ2v) is 5.67. The zero-order valence-electron chi connectivity index (χ0n) is 11.5. The van der Waals surface area contributed by atoms with Crippen LogP contribution in [0.25, 0.3) is 0 Å². The Bertz CT molecular complexity index is 420. The van der Waals surface area contributed by atoms with Crippen molar-refractivity contribution >= 4 is 5.95 Å². The molecular formula is C14H22N4O. The van der Waals surface area contributed by atoms with Gasteiger partial charge in [0.2, 0.25) is 5.95 Å². The number of rotatable bonds is 3. The van der Waals surface area contributed by atoms with E-state index in [1.54, 1.807) is 0 Å². The highest BCUT2D eigenvalue weighted by Crippen LogP contribution is 2.31. The molecule has 5 nitrogen and oxygen atoms in total. The van der Waals surface area contributed by atoms with Crippen LogP contribution in [-0.4, -0.2) is 41.3 Å². The number of nitrogens with zero attached hydrogens (tertiary/aromatic N) is 3. The molecule has 0 aromatic carbocycles. The third kappa shape index (κ3) is 2.72. The van der Waals surface area contributed by atoms with Crippen LogP contribution in [0.3, 0.4) is 0 Å². The van der Waals surface area contributed by atoms with E-state index in [1.165, 1.54) is 19.3 Å². The SMILES string of the molecule is CC(N)Cc1cnc(N2CCOC3CCCC32)nc1. The van der Waals surface area contributed by atoms with Gasteiger partial charge in [-0.15, -0.1) is 0 Å². The summed E-state index contributed by atoms with van der Waals surface area (Å²) in [5.74, 6) is 0.841. The first-order valence-electron chi connectivity index (χ1n) is 7.19. The lowest BCUT2D eigenvalue weighted by molar-refractivity contribution is 0.0250. The molecule has 1 saturated heterocycles. The van der Waals surface area contributed by atoms with Crippen molar-refractivity contribution in [1.29, 1.82) is 0 Å². The first-order chi connectivity index (χ1) is 9.24. The summed E-state index contributed by atoms with van der Waals surface area (Å²) in [6.45, 7) is 3.68. The molecule has 1 aliphatic heterocycles. The van der Waals surface area contributed by atoms with Crippen LogP contribution in [0.1, 0.15) is 31.7 Å². The van der Waals surface area contributed by atoms with E-state index in [1.807, 2.05) is 19.3 Å². The van der Waals surface area contributed by atoms with Crippen LogP contribution in [0.4, 0.5) is 5.95 Å². The second-order valence-electron chi connectivity index (χ2n) is 5.67. The fraction of sp³-hybridized carbons (Fsp3) is 0.714. The van der Waals surface area contributed by atoms with Gasteiger partial charge in [0.05, 0.1) is 18.8 Å². The van der Waals surface area contributed by atoms with E-state index in [-0.39, 0.29) is 6.04 Å². The molecule has 1 saturated carbocycles. The van der Waals surface area contributed by atoms with E-state index in [2.05, 4.69) is 14.9 Å². The molecule has 104 valence electrons. The number of fused-ring (bicyclic) bond motifs is 1. The van der Waals surface area contributed by atoms with Crippen LogP contribution >= 0.6 is 0 Å². The van der Waals surface area contributed by atoms with Crippen LogP contribution in [-0.2, 0) is 11.2 Å². The summed E-state index contributed by atoms with van der Waals surface area (Å²) in [5.41, 5.74) is 6.90. The second kappa shape index (κ2) is 5.43. The molecule has 0 amide bonds. The third-order valence-electron chi connectivity index (χ3n) is 3.99. The molecule has 0 spiro atoms. The molecule has 0 bridgehead atoms. The highest BCUT2D eigenvalue weighted by atomic mass is 16.5. The van der Waals surface area contributed by atoms with E-state index in [9.17, 15) is 0 Å². The summed E-state index contributed by atoms with van der Waals surface area (Å²) < 4.78 is 5.82. The Hall–Kier alpha value is -1.20. The van der Waals surface area contributed by atoms with Crippen LogP contribution in [0.5, 0.6) is 0 Å². The maximum Gasteiger partial charge on any atom is 0.225 e. The van der Waals surface area contributed by atoms with Crippen molar-refractivity contribution in [3.8, 4) is 0 Å². The van der Waals surface area contributed by atoms with Gasteiger partial charge in [0.15, 0.2) is 0 Å². The van der Waals surface area contributed by atoms with Gasteiger partial charge in [-0.3, -0.25) is 0 Å². The van der Waals surface area contributed by atoms with Gasteiger partial charge in [-0.05, 0) is 38.2 Å². The predicted octanol–water partition coefficient (Wildman–Crippen LogP) is 1.12. The van der Waals surface area contributed by atoms with E-state index >= 15 is 0 Å². The maximum atomic E-state index is 5.82. The fourth-order valence-electron chi connectivity index (χ4n) is 3.15. The molecule has 5 heteroatoms. The number of ether oxygens (including phenoxy) is 1. The van der Waals surface area contributed by atoms with Crippen molar-refractivity contribution in [3.05, 3.63) is 18.0 Å². The molecule has 2 aliphatic rings. The molecule has 19 heavy (non-hydrogen) atoms. The van der Waals surface area contributed by atoms with Crippen molar-refractivity contribution in [2.75, 3.05) is 18.1 Å². The third-order valence-corrected chi connectivity index (χ3v) is 3.99. The Morgan fingerprint density at radius 2 is 2.21 bits per heavy atom. The molecule has 0 radical (unpaired) electrons. The zero-order chi connectivity index (χ0) is 13.2. The summed E-state index contributed by atoms with van der Waals surface area (Å²) in [5, 5.41) is 0. The molecule has 2 N–H and O–H groups in total. The molecule has 1 aromatic rings. The van der Waals surface area contributed by atoms with Crippen molar-refractivity contribution in [3.63, 3.8) is 0 Å². The highest BCUT2D eigenvalue weighted by Gasteiger charge is 2.37. The van der Waals surface area contributed by atoms with Gasteiger partial charge < -0.3 is 15.4 Å². The molecule has 3 unspecified atom stereocenters. The Kier molecular flexibility index (Phi) is 3.66. The Balaban J connectivity index is 1.74. The van der Waals surface area contributed by atoms with Gasteiger partial charge in [0.1, 0.15) is 0 Å². The van der Waals surface area contributed by atoms with Gasteiger partial charge in [0.25, 0.3) is 0 Å². The lowest BCUT2D eigenvalue weighted by Gasteiger charge is -2.37. The summed E-state index contributed by atoms with van der Waals surface area (Å²) in [6.07, 6.45) is 8.63. The largest absolute Gasteiger partial charge is 0.374 e. The number of hydrogen-bond donors (Lipinski definition) is 1. The predicted molar refractivity (Wildman–Crippen MR) is 74.1 cm³/mol. The monoisotopic (exact) mass is 262 g/mol.